The van der Waals surface area contributed by atoms with Crippen molar-refractivity contribution in [1.29, 1.82) is 0 Å². The largest absolute Gasteiger partial charge is 0.300 e. The summed E-state index contributed by atoms with van der Waals surface area (Å²) in [5.74, 6) is 0.974. The Hall–Kier alpha value is -1.92. The Morgan fingerprint density at radius 1 is 1.17 bits per heavy atom. The second kappa shape index (κ2) is 8.26. The van der Waals surface area contributed by atoms with Gasteiger partial charge in [-0.1, -0.05) is 78.9 Å². The molecular formula is C18H19N3OS2. The Bertz CT molecular complexity index is 827. The van der Waals surface area contributed by atoms with Crippen molar-refractivity contribution in [2.24, 2.45) is 0 Å². The van der Waals surface area contributed by atoms with Gasteiger partial charge in [-0.15, -0.1) is 10.2 Å². The maximum absolute atomic E-state index is 12.3. The lowest BCUT2D eigenvalue weighted by atomic mass is 10.0. The highest BCUT2D eigenvalue weighted by Gasteiger charge is 2.10. The normalized spacial score (nSPS) is 10.9. The minimum atomic E-state index is -0.0624. The van der Waals surface area contributed by atoms with Crippen LogP contribution in [0.4, 0.5) is 5.13 Å². The van der Waals surface area contributed by atoms with E-state index in [1.807, 2.05) is 30.3 Å². The Morgan fingerprint density at radius 2 is 2.00 bits per heavy atom. The van der Waals surface area contributed by atoms with Crippen molar-refractivity contribution in [1.82, 2.24) is 10.2 Å². The Morgan fingerprint density at radius 3 is 2.88 bits per heavy atom. The molecule has 0 saturated carbocycles. The number of carbonyl (C=O) groups excluding carboxylic acids is 1. The van der Waals surface area contributed by atoms with E-state index in [1.54, 1.807) is 11.8 Å². The van der Waals surface area contributed by atoms with Crippen LogP contribution in [-0.4, -0.2) is 21.9 Å². The van der Waals surface area contributed by atoms with E-state index >= 15 is 0 Å². The molecule has 1 N–H and O–H groups in total. The van der Waals surface area contributed by atoms with Crippen molar-refractivity contribution < 1.29 is 4.79 Å². The summed E-state index contributed by atoms with van der Waals surface area (Å²) < 4.78 is 0.906. The highest BCUT2D eigenvalue weighted by Crippen LogP contribution is 2.26. The molecule has 1 heterocycles. The van der Waals surface area contributed by atoms with E-state index in [0.717, 1.165) is 32.8 Å². The van der Waals surface area contributed by atoms with Gasteiger partial charge in [0.2, 0.25) is 11.0 Å². The zero-order chi connectivity index (χ0) is 16.8. The molecule has 4 nitrogen and oxygen atoms in total. The summed E-state index contributed by atoms with van der Waals surface area (Å²) in [6.07, 6.45) is 2.66. The van der Waals surface area contributed by atoms with E-state index < -0.39 is 0 Å². The van der Waals surface area contributed by atoms with E-state index in [0.29, 0.717) is 11.6 Å². The number of aromatic nitrogens is 2. The van der Waals surface area contributed by atoms with Crippen molar-refractivity contribution in [3.05, 3.63) is 48.0 Å². The molecular weight excluding hydrogens is 338 g/mol. The highest BCUT2D eigenvalue weighted by molar-refractivity contribution is 8.01. The van der Waals surface area contributed by atoms with E-state index in [1.165, 1.54) is 17.8 Å². The molecule has 6 heteroatoms. The number of nitrogens with zero attached hydrogens (tertiary/aromatic N) is 2. The van der Waals surface area contributed by atoms with E-state index in [9.17, 15) is 4.79 Å². The van der Waals surface area contributed by atoms with Crippen molar-refractivity contribution in [2.75, 3.05) is 11.1 Å². The molecule has 0 saturated heterocycles. The van der Waals surface area contributed by atoms with Gasteiger partial charge in [-0.25, -0.2) is 0 Å². The molecule has 0 radical (unpaired) electrons. The third-order valence-corrected chi connectivity index (χ3v) is 5.67. The second-order valence-corrected chi connectivity index (χ2v) is 7.76. The third-order valence-electron chi connectivity index (χ3n) is 3.61. The van der Waals surface area contributed by atoms with Crippen molar-refractivity contribution >= 4 is 44.9 Å². The highest BCUT2D eigenvalue weighted by atomic mass is 32.2. The summed E-state index contributed by atoms with van der Waals surface area (Å²) in [4.78, 5) is 12.3. The van der Waals surface area contributed by atoms with Gasteiger partial charge in [-0.2, -0.15) is 0 Å². The number of thioether (sulfide) groups is 1. The summed E-state index contributed by atoms with van der Waals surface area (Å²) >= 11 is 3.13. The van der Waals surface area contributed by atoms with Crippen LogP contribution in [0.1, 0.15) is 25.3 Å². The topological polar surface area (TPSA) is 54.9 Å². The van der Waals surface area contributed by atoms with Crippen molar-refractivity contribution in [3.63, 3.8) is 0 Å². The summed E-state index contributed by atoms with van der Waals surface area (Å²) in [5, 5.41) is 13.9. The first-order valence-electron chi connectivity index (χ1n) is 7.99. The lowest BCUT2D eigenvalue weighted by molar-refractivity contribution is -0.115. The molecule has 0 aliphatic heterocycles. The average molecular weight is 358 g/mol. The molecule has 0 aliphatic carbocycles. The summed E-state index contributed by atoms with van der Waals surface area (Å²) in [5.41, 5.74) is 1.02. The maximum atomic E-state index is 12.3. The lowest BCUT2D eigenvalue weighted by Gasteiger charge is -2.06. The number of benzene rings is 2. The number of fused-ring (bicyclic) bond motifs is 1. The Labute approximate surface area is 149 Å². The number of hydrogen-bond donors (Lipinski definition) is 1. The molecule has 0 fully saturated rings. The molecule has 0 aliphatic rings. The minimum Gasteiger partial charge on any atom is -0.300 e. The fraction of sp³-hybridized carbons (Fsp3) is 0.278. The second-order valence-electron chi connectivity index (χ2n) is 5.44. The molecule has 24 heavy (non-hydrogen) atoms. The number of unbranched alkanes of at least 4 members (excludes halogenated alkanes) is 1. The van der Waals surface area contributed by atoms with Gasteiger partial charge in [0.15, 0.2) is 4.34 Å². The van der Waals surface area contributed by atoms with Crippen LogP contribution in [0, 0.1) is 0 Å². The fourth-order valence-corrected chi connectivity index (χ4v) is 4.33. The van der Waals surface area contributed by atoms with E-state index in [4.69, 9.17) is 0 Å². The van der Waals surface area contributed by atoms with Crippen LogP contribution in [0.25, 0.3) is 10.8 Å². The van der Waals surface area contributed by atoms with Crippen LogP contribution >= 0.6 is 23.1 Å². The monoisotopic (exact) mass is 357 g/mol. The zero-order valence-corrected chi connectivity index (χ0v) is 15.1. The molecule has 0 unspecified atom stereocenters. The molecule has 2 aromatic carbocycles. The lowest BCUT2D eigenvalue weighted by Crippen LogP contribution is -2.14. The van der Waals surface area contributed by atoms with Crippen molar-refractivity contribution in [2.45, 2.75) is 30.5 Å². The zero-order valence-electron chi connectivity index (χ0n) is 13.5. The molecule has 0 atom stereocenters. The van der Waals surface area contributed by atoms with Gasteiger partial charge >= 0.3 is 0 Å². The molecule has 0 spiro atoms. The summed E-state index contributed by atoms with van der Waals surface area (Å²) in [6.45, 7) is 2.17. The predicted octanol–water partition coefficient (Wildman–Crippen LogP) is 4.76. The van der Waals surface area contributed by atoms with Crippen LogP contribution in [0.15, 0.2) is 46.8 Å². The number of amides is 1. The first kappa shape index (κ1) is 16.9. The van der Waals surface area contributed by atoms with Gasteiger partial charge in [0.05, 0.1) is 6.42 Å². The molecule has 1 amide bonds. The van der Waals surface area contributed by atoms with Crippen LogP contribution in [0.2, 0.25) is 0 Å². The average Bonchev–Trinajstić information content (AvgIpc) is 3.03. The van der Waals surface area contributed by atoms with Gasteiger partial charge in [-0.05, 0) is 22.8 Å². The Balaban J connectivity index is 1.63. The third kappa shape index (κ3) is 4.33. The summed E-state index contributed by atoms with van der Waals surface area (Å²) in [6, 6.07) is 14.1. The van der Waals surface area contributed by atoms with Gasteiger partial charge in [0.1, 0.15) is 0 Å². The number of hydrogen-bond acceptors (Lipinski definition) is 5. The molecule has 124 valence electrons. The molecule has 1 aromatic heterocycles. The van der Waals surface area contributed by atoms with Gasteiger partial charge in [0.25, 0.3) is 0 Å². The van der Waals surface area contributed by atoms with Crippen LogP contribution in [0.5, 0.6) is 0 Å². The number of anilines is 1. The fourth-order valence-electron chi connectivity index (χ4n) is 2.41. The van der Waals surface area contributed by atoms with E-state index in [-0.39, 0.29) is 5.91 Å². The predicted molar refractivity (Wildman–Crippen MR) is 102 cm³/mol. The first-order valence-corrected chi connectivity index (χ1v) is 9.79. The smallest absolute Gasteiger partial charge is 0.230 e. The standard InChI is InChI=1S/C18H19N3OS2/c1-2-3-11-23-18-21-20-17(24-18)19-16(22)12-14-9-6-8-13-7-4-5-10-15(13)14/h4-10H,2-3,11-12H2,1H3,(H,19,20,22). The van der Waals surface area contributed by atoms with Crippen LogP contribution in [-0.2, 0) is 11.2 Å². The SMILES string of the molecule is CCCCSc1nnc(NC(=O)Cc2cccc3ccccc23)s1. The summed E-state index contributed by atoms with van der Waals surface area (Å²) in [7, 11) is 0. The maximum Gasteiger partial charge on any atom is 0.230 e. The van der Waals surface area contributed by atoms with Crippen molar-refractivity contribution in [3.8, 4) is 0 Å². The molecule has 0 bridgehead atoms. The quantitative estimate of drug-likeness (QED) is 0.376. The van der Waals surface area contributed by atoms with Gasteiger partial charge < -0.3 is 5.32 Å². The van der Waals surface area contributed by atoms with Crippen LogP contribution in [0.3, 0.4) is 0 Å². The number of rotatable bonds is 7. The molecule has 3 rings (SSSR count). The number of carbonyl (C=O) groups is 1. The number of nitrogens with one attached hydrogen (secondary N) is 1. The van der Waals surface area contributed by atoms with Gasteiger partial charge in [-0.3, -0.25) is 4.79 Å². The van der Waals surface area contributed by atoms with Crippen LogP contribution < -0.4 is 5.32 Å². The molecule has 3 aromatic rings. The Kier molecular flexibility index (Phi) is 5.82. The first-order chi connectivity index (χ1) is 11.8. The van der Waals surface area contributed by atoms with E-state index in [2.05, 4.69) is 34.6 Å². The van der Waals surface area contributed by atoms with Gasteiger partial charge in [0, 0.05) is 5.75 Å². The minimum absolute atomic E-state index is 0.0624.